The lowest BCUT2D eigenvalue weighted by Gasteiger charge is -2.13. The maximum Gasteiger partial charge on any atom is 0.308 e. The number of halogens is 1. The number of benzene rings is 4. The zero-order valence-electron chi connectivity index (χ0n) is 21.3. The number of rotatable bonds is 8. The molecule has 0 spiro atoms. The van der Waals surface area contributed by atoms with Crippen molar-refractivity contribution in [2.75, 3.05) is 10.0 Å². The van der Waals surface area contributed by atoms with Crippen molar-refractivity contribution in [3.05, 3.63) is 95.5 Å². The molecule has 0 aliphatic heterocycles. The Morgan fingerprint density at radius 3 is 2.02 bits per heavy atom. The first-order chi connectivity index (χ1) is 19.0. The monoisotopic (exact) mass is 578 g/mol. The summed E-state index contributed by atoms with van der Waals surface area (Å²) in [6, 6.07) is 20.3. The van der Waals surface area contributed by atoms with Gasteiger partial charge >= 0.3 is 11.9 Å². The fourth-order valence-corrected chi connectivity index (χ4v) is 5.25. The van der Waals surface area contributed by atoms with Gasteiger partial charge in [0.2, 0.25) is 5.91 Å². The Balaban J connectivity index is 1.59. The minimum atomic E-state index is -3.96. The molecule has 0 aliphatic carbocycles. The number of fused-ring (bicyclic) bond motifs is 1. The van der Waals surface area contributed by atoms with E-state index in [-0.39, 0.29) is 16.4 Å². The van der Waals surface area contributed by atoms with E-state index in [1.54, 1.807) is 54.6 Å². The average molecular weight is 579 g/mol. The van der Waals surface area contributed by atoms with Crippen LogP contribution in [0.3, 0.4) is 0 Å². The molecule has 0 saturated heterocycles. The molecule has 40 heavy (non-hydrogen) atoms. The van der Waals surface area contributed by atoms with E-state index in [4.69, 9.17) is 21.1 Å². The van der Waals surface area contributed by atoms with Gasteiger partial charge in [0, 0.05) is 53.2 Å². The minimum absolute atomic E-state index is 0.0341. The van der Waals surface area contributed by atoms with Crippen LogP contribution in [0.25, 0.3) is 16.8 Å². The molecule has 0 fully saturated rings. The third-order valence-corrected chi connectivity index (χ3v) is 7.07. The summed E-state index contributed by atoms with van der Waals surface area (Å²) in [7, 11) is -3.96. The lowest BCUT2D eigenvalue weighted by Crippen LogP contribution is -2.14. The first-order valence-corrected chi connectivity index (χ1v) is 13.7. The predicted octanol–water partition coefficient (Wildman–Crippen LogP) is 5.80. The standard InChI is InChI=1S/C29H23ClN2O7S/c1-18(33)38-23-15-20(16-24(17-23)39-19(2)34)9-14-29(35)31-27-7-3-6-26-25(27)5-4-8-28(26)40(36,37)32-22-12-10-21(30)11-13-22/h3-17,32H,1-2H3,(H,31,35)/b14-9+. The van der Waals surface area contributed by atoms with Gasteiger partial charge in [0.1, 0.15) is 11.5 Å². The van der Waals surface area contributed by atoms with Crippen molar-refractivity contribution in [2.24, 2.45) is 0 Å². The Hall–Kier alpha value is -4.67. The van der Waals surface area contributed by atoms with Gasteiger partial charge in [0.25, 0.3) is 10.0 Å². The lowest BCUT2D eigenvalue weighted by atomic mass is 10.1. The van der Waals surface area contributed by atoms with Crippen molar-refractivity contribution in [1.82, 2.24) is 0 Å². The molecule has 2 N–H and O–H groups in total. The van der Waals surface area contributed by atoms with Crippen LogP contribution >= 0.6 is 11.6 Å². The second kappa shape index (κ2) is 12.0. The Morgan fingerprint density at radius 2 is 1.40 bits per heavy atom. The number of nitrogens with one attached hydrogen (secondary N) is 2. The largest absolute Gasteiger partial charge is 0.427 e. The number of anilines is 2. The highest BCUT2D eigenvalue weighted by Crippen LogP contribution is 2.30. The Bertz CT molecular complexity index is 1720. The average Bonchev–Trinajstić information content (AvgIpc) is 2.88. The number of esters is 2. The molecule has 0 heterocycles. The van der Waals surface area contributed by atoms with Crippen LogP contribution in [0.5, 0.6) is 11.5 Å². The first kappa shape index (κ1) is 28.3. The Morgan fingerprint density at radius 1 is 0.800 bits per heavy atom. The van der Waals surface area contributed by atoms with Gasteiger partial charge in [-0.05, 0) is 60.2 Å². The molecule has 1 amide bonds. The fourth-order valence-electron chi connectivity index (χ4n) is 3.84. The third-order valence-electron chi connectivity index (χ3n) is 5.38. The third kappa shape index (κ3) is 7.25. The number of sulfonamides is 1. The summed E-state index contributed by atoms with van der Waals surface area (Å²) >= 11 is 5.89. The van der Waals surface area contributed by atoms with Crippen LogP contribution in [0.15, 0.2) is 89.8 Å². The van der Waals surface area contributed by atoms with E-state index in [9.17, 15) is 22.8 Å². The molecule has 0 radical (unpaired) electrons. The fraction of sp³-hybridized carbons (Fsp3) is 0.0690. The van der Waals surface area contributed by atoms with E-state index in [1.165, 1.54) is 50.3 Å². The normalized spacial score (nSPS) is 11.3. The van der Waals surface area contributed by atoms with Gasteiger partial charge in [-0.25, -0.2) is 8.42 Å². The van der Waals surface area contributed by atoms with Crippen molar-refractivity contribution in [3.63, 3.8) is 0 Å². The molecular weight excluding hydrogens is 556 g/mol. The maximum atomic E-state index is 13.2. The number of hydrogen-bond acceptors (Lipinski definition) is 7. The maximum absolute atomic E-state index is 13.2. The molecule has 4 aromatic rings. The summed E-state index contributed by atoms with van der Waals surface area (Å²) in [6.07, 6.45) is 2.69. The summed E-state index contributed by atoms with van der Waals surface area (Å²) in [5, 5.41) is 4.15. The number of hydrogen-bond donors (Lipinski definition) is 2. The van der Waals surface area contributed by atoms with E-state index in [0.717, 1.165) is 0 Å². The van der Waals surface area contributed by atoms with Crippen molar-refractivity contribution in [2.45, 2.75) is 18.7 Å². The molecule has 0 saturated carbocycles. The van der Waals surface area contributed by atoms with Crippen LogP contribution in [0.2, 0.25) is 5.02 Å². The highest BCUT2D eigenvalue weighted by atomic mass is 35.5. The Labute approximate surface area is 235 Å². The quantitative estimate of drug-likeness (QED) is 0.154. The summed E-state index contributed by atoms with van der Waals surface area (Å²) < 4.78 is 39.1. The van der Waals surface area contributed by atoms with Crippen LogP contribution in [-0.2, 0) is 24.4 Å². The van der Waals surface area contributed by atoms with Gasteiger partial charge in [0.05, 0.1) is 4.90 Å². The lowest BCUT2D eigenvalue weighted by molar-refractivity contribution is -0.132. The number of carbonyl (C=O) groups excluding carboxylic acids is 3. The SMILES string of the molecule is CC(=O)Oc1cc(/C=C/C(=O)Nc2cccc3c(S(=O)(=O)Nc4ccc(Cl)cc4)cccc23)cc(OC(C)=O)c1. The van der Waals surface area contributed by atoms with Crippen molar-refractivity contribution in [1.29, 1.82) is 0 Å². The van der Waals surface area contributed by atoms with Crippen molar-refractivity contribution in [3.8, 4) is 11.5 Å². The van der Waals surface area contributed by atoms with Crippen molar-refractivity contribution >= 4 is 67.7 Å². The summed E-state index contributed by atoms with van der Waals surface area (Å²) in [5.74, 6) is -1.35. The summed E-state index contributed by atoms with van der Waals surface area (Å²) in [5.41, 5.74) is 1.18. The second-order valence-corrected chi connectivity index (χ2v) is 10.6. The molecule has 0 atom stereocenters. The van der Waals surface area contributed by atoms with Gasteiger partial charge in [-0.3, -0.25) is 19.1 Å². The van der Waals surface area contributed by atoms with E-state index < -0.39 is 27.9 Å². The summed E-state index contributed by atoms with van der Waals surface area (Å²) in [4.78, 5) is 35.6. The second-order valence-electron chi connectivity index (χ2n) is 8.52. The zero-order chi connectivity index (χ0) is 28.9. The van der Waals surface area contributed by atoms with Crippen LogP contribution in [-0.4, -0.2) is 26.3 Å². The molecule has 204 valence electrons. The highest BCUT2D eigenvalue weighted by molar-refractivity contribution is 7.93. The molecule has 4 aromatic carbocycles. The van der Waals surface area contributed by atoms with E-state index in [0.29, 0.717) is 32.7 Å². The van der Waals surface area contributed by atoms with Gasteiger partial charge < -0.3 is 14.8 Å². The molecule has 9 nitrogen and oxygen atoms in total. The molecule has 0 bridgehead atoms. The molecule has 11 heteroatoms. The van der Waals surface area contributed by atoms with E-state index in [2.05, 4.69) is 10.0 Å². The zero-order valence-corrected chi connectivity index (χ0v) is 22.9. The molecule has 0 unspecified atom stereocenters. The van der Waals surface area contributed by atoms with Crippen molar-refractivity contribution < 1.29 is 32.3 Å². The van der Waals surface area contributed by atoms with E-state index >= 15 is 0 Å². The highest BCUT2D eigenvalue weighted by Gasteiger charge is 2.19. The van der Waals surface area contributed by atoms with E-state index in [1.807, 2.05) is 0 Å². The van der Waals surface area contributed by atoms with Crippen LogP contribution in [0.1, 0.15) is 19.4 Å². The topological polar surface area (TPSA) is 128 Å². The molecule has 0 aromatic heterocycles. The predicted molar refractivity (Wildman–Crippen MR) is 153 cm³/mol. The molecule has 0 aliphatic rings. The summed E-state index contributed by atoms with van der Waals surface area (Å²) in [6.45, 7) is 2.46. The van der Waals surface area contributed by atoms with Crippen LogP contribution < -0.4 is 19.5 Å². The van der Waals surface area contributed by atoms with Gasteiger partial charge in [0.15, 0.2) is 0 Å². The van der Waals surface area contributed by atoms with Crippen LogP contribution in [0.4, 0.5) is 11.4 Å². The molecular formula is C29H23ClN2O7S. The Kier molecular flexibility index (Phi) is 8.52. The van der Waals surface area contributed by atoms with Gasteiger partial charge in [-0.2, -0.15) is 0 Å². The molecule has 4 rings (SSSR count). The number of amides is 1. The van der Waals surface area contributed by atoms with Gasteiger partial charge in [-0.1, -0.05) is 35.9 Å². The number of carbonyl (C=O) groups is 3. The minimum Gasteiger partial charge on any atom is -0.427 e. The van der Waals surface area contributed by atoms with Crippen LogP contribution in [0, 0.1) is 0 Å². The first-order valence-electron chi connectivity index (χ1n) is 11.8. The smallest absolute Gasteiger partial charge is 0.308 e. The van der Waals surface area contributed by atoms with Gasteiger partial charge in [-0.15, -0.1) is 0 Å². The number of ether oxygens (including phenoxy) is 2.